The molecule has 3 rings (SSSR count). The highest BCUT2D eigenvalue weighted by atomic mass is 15.3. The fraction of sp³-hybridized carbons (Fsp3) is 0.667. The Morgan fingerprint density at radius 2 is 2.33 bits per heavy atom. The third-order valence-corrected chi connectivity index (χ3v) is 4.19. The van der Waals surface area contributed by atoms with Crippen LogP contribution in [0.15, 0.2) is 12.5 Å². The van der Waals surface area contributed by atoms with E-state index in [0.717, 1.165) is 36.5 Å². The molecule has 3 heterocycles. The van der Waals surface area contributed by atoms with Crippen LogP contribution < -0.4 is 10.2 Å². The van der Waals surface area contributed by atoms with Gasteiger partial charge < -0.3 is 10.2 Å². The Hall–Kier alpha value is -1.69. The first-order valence-electron chi connectivity index (χ1n) is 7.90. The Balaban J connectivity index is 1.89. The first-order chi connectivity index (χ1) is 10.3. The average molecular weight is 288 g/mol. The maximum atomic E-state index is 4.55. The fourth-order valence-corrected chi connectivity index (χ4v) is 3.01. The van der Waals surface area contributed by atoms with Gasteiger partial charge in [-0.2, -0.15) is 5.10 Å². The molecule has 1 N–H and O–H groups in total. The summed E-state index contributed by atoms with van der Waals surface area (Å²) < 4.78 is 1.81. The summed E-state index contributed by atoms with van der Waals surface area (Å²) in [5.74, 6) is 1.02. The highest BCUT2D eigenvalue weighted by Gasteiger charge is 2.21. The molecule has 2 aromatic rings. The maximum Gasteiger partial charge on any atom is 0.163 e. The quantitative estimate of drug-likeness (QED) is 0.877. The molecule has 1 aliphatic heterocycles. The summed E-state index contributed by atoms with van der Waals surface area (Å²) in [5.41, 5.74) is 0.904. The van der Waals surface area contributed by atoms with Gasteiger partial charge in [0.2, 0.25) is 0 Å². The molecule has 1 aliphatic rings. The Morgan fingerprint density at radius 3 is 3.10 bits per heavy atom. The number of fused-ring (bicyclic) bond motifs is 1. The molecule has 0 amide bonds. The molecule has 0 saturated carbocycles. The van der Waals surface area contributed by atoms with Crippen LogP contribution in [0.3, 0.4) is 0 Å². The predicted molar refractivity (Wildman–Crippen MR) is 84.4 cm³/mol. The van der Waals surface area contributed by atoms with E-state index in [1.807, 2.05) is 17.9 Å². The van der Waals surface area contributed by atoms with Gasteiger partial charge in [-0.25, -0.2) is 9.97 Å². The van der Waals surface area contributed by atoms with E-state index < -0.39 is 0 Å². The summed E-state index contributed by atoms with van der Waals surface area (Å²) in [4.78, 5) is 11.3. The van der Waals surface area contributed by atoms with E-state index in [0.29, 0.717) is 6.04 Å². The number of nitrogens with zero attached hydrogens (tertiary/aromatic N) is 5. The van der Waals surface area contributed by atoms with Crippen LogP contribution in [0.25, 0.3) is 11.0 Å². The van der Waals surface area contributed by atoms with Crippen LogP contribution in [-0.2, 0) is 7.05 Å². The van der Waals surface area contributed by atoms with Crippen LogP contribution in [0.1, 0.15) is 32.6 Å². The van der Waals surface area contributed by atoms with E-state index in [2.05, 4.69) is 32.2 Å². The zero-order chi connectivity index (χ0) is 14.7. The van der Waals surface area contributed by atoms with Gasteiger partial charge in [-0.15, -0.1) is 0 Å². The Kier molecular flexibility index (Phi) is 4.34. The lowest BCUT2D eigenvalue weighted by atomic mass is 10.2. The van der Waals surface area contributed by atoms with Gasteiger partial charge in [0, 0.05) is 26.2 Å². The van der Waals surface area contributed by atoms with Crippen molar-refractivity contribution >= 4 is 16.9 Å². The molecule has 1 atom stereocenters. The molecule has 1 unspecified atom stereocenters. The molecule has 2 aromatic heterocycles. The zero-order valence-corrected chi connectivity index (χ0v) is 12.9. The van der Waals surface area contributed by atoms with E-state index >= 15 is 0 Å². The smallest absolute Gasteiger partial charge is 0.163 e. The van der Waals surface area contributed by atoms with Gasteiger partial charge in [-0.05, 0) is 25.8 Å². The summed E-state index contributed by atoms with van der Waals surface area (Å²) >= 11 is 0. The number of rotatable bonds is 6. The first kappa shape index (κ1) is 14.3. The molecule has 6 nitrogen and oxygen atoms in total. The number of hydrogen-bond donors (Lipinski definition) is 1. The SMILES string of the molecule is CCCCN(CC1CCCN1)c1ncnc2c1cnn2C. The Bertz CT molecular complexity index is 587. The molecule has 0 aromatic carbocycles. The number of unbranched alkanes of at least 4 members (excludes halogenated alkanes) is 1. The van der Waals surface area contributed by atoms with Gasteiger partial charge in [-0.1, -0.05) is 13.3 Å². The van der Waals surface area contributed by atoms with Crippen molar-refractivity contribution in [2.75, 3.05) is 24.5 Å². The van der Waals surface area contributed by atoms with Gasteiger partial charge in [0.05, 0.1) is 11.6 Å². The summed E-state index contributed by atoms with van der Waals surface area (Å²) in [6.45, 7) is 5.42. The van der Waals surface area contributed by atoms with Crippen molar-refractivity contribution in [3.63, 3.8) is 0 Å². The lowest BCUT2D eigenvalue weighted by molar-refractivity contribution is 0.570. The van der Waals surface area contributed by atoms with E-state index in [1.165, 1.54) is 25.7 Å². The number of anilines is 1. The third kappa shape index (κ3) is 3.00. The highest BCUT2D eigenvalue weighted by molar-refractivity contribution is 5.86. The van der Waals surface area contributed by atoms with Gasteiger partial charge >= 0.3 is 0 Å². The number of aromatic nitrogens is 4. The van der Waals surface area contributed by atoms with Crippen LogP contribution in [0.4, 0.5) is 5.82 Å². The van der Waals surface area contributed by atoms with Gasteiger partial charge in [-0.3, -0.25) is 4.68 Å². The van der Waals surface area contributed by atoms with E-state index in [-0.39, 0.29) is 0 Å². The van der Waals surface area contributed by atoms with Crippen molar-refractivity contribution in [1.82, 2.24) is 25.1 Å². The minimum atomic E-state index is 0.573. The van der Waals surface area contributed by atoms with Crippen LogP contribution in [-0.4, -0.2) is 45.4 Å². The third-order valence-electron chi connectivity index (χ3n) is 4.19. The number of hydrogen-bond acceptors (Lipinski definition) is 5. The summed E-state index contributed by atoms with van der Waals surface area (Å²) in [6.07, 6.45) is 8.43. The zero-order valence-electron chi connectivity index (χ0n) is 12.9. The van der Waals surface area contributed by atoms with Crippen LogP contribution in [0.5, 0.6) is 0 Å². The molecule has 21 heavy (non-hydrogen) atoms. The summed E-state index contributed by atoms with van der Waals surface area (Å²) in [7, 11) is 1.92. The molecule has 1 saturated heterocycles. The normalized spacial score (nSPS) is 18.5. The fourth-order valence-electron chi connectivity index (χ4n) is 3.01. The van der Waals surface area contributed by atoms with Crippen molar-refractivity contribution in [2.24, 2.45) is 7.05 Å². The van der Waals surface area contributed by atoms with Crippen LogP contribution in [0.2, 0.25) is 0 Å². The van der Waals surface area contributed by atoms with Gasteiger partial charge in [0.25, 0.3) is 0 Å². The summed E-state index contributed by atoms with van der Waals surface area (Å²) in [6, 6.07) is 0.573. The van der Waals surface area contributed by atoms with Crippen molar-refractivity contribution in [3.8, 4) is 0 Å². The number of aryl methyl sites for hydroxylation is 1. The van der Waals surface area contributed by atoms with E-state index in [9.17, 15) is 0 Å². The molecular weight excluding hydrogens is 264 g/mol. The molecule has 0 spiro atoms. The van der Waals surface area contributed by atoms with Gasteiger partial charge in [0.1, 0.15) is 12.1 Å². The van der Waals surface area contributed by atoms with Crippen molar-refractivity contribution in [1.29, 1.82) is 0 Å². The molecule has 0 radical (unpaired) electrons. The standard InChI is InChI=1S/C15H24N6/c1-3-4-8-21(10-12-6-5-7-16-12)15-13-9-19-20(2)14(13)17-11-18-15/h9,11-12,16H,3-8,10H2,1-2H3. The predicted octanol–water partition coefficient (Wildman–Crippen LogP) is 1.72. The van der Waals surface area contributed by atoms with Crippen LogP contribution >= 0.6 is 0 Å². The van der Waals surface area contributed by atoms with Crippen molar-refractivity contribution < 1.29 is 0 Å². The lowest BCUT2D eigenvalue weighted by Crippen LogP contribution is -2.38. The second-order valence-corrected chi connectivity index (χ2v) is 5.80. The largest absolute Gasteiger partial charge is 0.354 e. The maximum absolute atomic E-state index is 4.55. The molecular formula is C15H24N6. The lowest BCUT2D eigenvalue weighted by Gasteiger charge is -2.27. The van der Waals surface area contributed by atoms with Crippen LogP contribution in [0, 0.1) is 0 Å². The second-order valence-electron chi connectivity index (χ2n) is 5.80. The monoisotopic (exact) mass is 288 g/mol. The molecule has 0 aliphatic carbocycles. The Labute approximate surface area is 125 Å². The van der Waals surface area contributed by atoms with Crippen molar-refractivity contribution in [2.45, 2.75) is 38.6 Å². The van der Waals surface area contributed by atoms with Gasteiger partial charge in [0.15, 0.2) is 5.65 Å². The minimum Gasteiger partial charge on any atom is -0.354 e. The molecule has 1 fully saturated rings. The van der Waals surface area contributed by atoms with E-state index in [1.54, 1.807) is 6.33 Å². The molecule has 6 heteroatoms. The Morgan fingerprint density at radius 1 is 1.43 bits per heavy atom. The minimum absolute atomic E-state index is 0.573. The average Bonchev–Trinajstić information content (AvgIpc) is 3.14. The van der Waals surface area contributed by atoms with Crippen molar-refractivity contribution in [3.05, 3.63) is 12.5 Å². The van der Waals surface area contributed by atoms with E-state index in [4.69, 9.17) is 0 Å². The summed E-state index contributed by atoms with van der Waals surface area (Å²) in [5, 5.41) is 8.95. The topological polar surface area (TPSA) is 58.9 Å². The second kappa shape index (κ2) is 6.39. The highest BCUT2D eigenvalue weighted by Crippen LogP contribution is 2.23. The molecule has 0 bridgehead atoms. The molecule has 114 valence electrons. The first-order valence-corrected chi connectivity index (χ1v) is 7.90. The number of nitrogens with one attached hydrogen (secondary N) is 1.